The second kappa shape index (κ2) is 12.6. The third kappa shape index (κ3) is 5.19. The first-order valence-electron chi connectivity index (χ1n) is 18.6. The summed E-state index contributed by atoms with van der Waals surface area (Å²) < 4.78 is 2.38. The summed E-state index contributed by atoms with van der Waals surface area (Å²) in [5.41, 5.74) is 8.61. The molecule has 2 heterocycles. The van der Waals surface area contributed by atoms with Crippen molar-refractivity contribution in [3.63, 3.8) is 0 Å². The van der Waals surface area contributed by atoms with Crippen molar-refractivity contribution < 1.29 is 0 Å². The van der Waals surface area contributed by atoms with Gasteiger partial charge in [-0.15, -0.1) is 0 Å². The van der Waals surface area contributed by atoms with Crippen LogP contribution in [0.3, 0.4) is 0 Å². The largest absolute Gasteiger partial charge is 0.309 e. The minimum absolute atomic E-state index is 0.632. The van der Waals surface area contributed by atoms with Crippen molar-refractivity contribution in [3.05, 3.63) is 194 Å². The molecule has 0 aliphatic rings. The van der Waals surface area contributed by atoms with Crippen molar-refractivity contribution in [2.45, 2.75) is 0 Å². The average molecular weight is 701 g/mol. The van der Waals surface area contributed by atoms with Crippen molar-refractivity contribution in [2.75, 3.05) is 0 Å². The van der Waals surface area contributed by atoms with Crippen molar-refractivity contribution >= 4 is 54.1 Å². The Bertz CT molecular complexity index is 3200. The van der Waals surface area contributed by atoms with E-state index >= 15 is 0 Å². The van der Waals surface area contributed by atoms with E-state index < -0.39 is 0 Å². The summed E-state index contributed by atoms with van der Waals surface area (Å²) in [6.45, 7) is 0. The van der Waals surface area contributed by atoms with Gasteiger partial charge in [0.1, 0.15) is 0 Å². The van der Waals surface area contributed by atoms with Crippen molar-refractivity contribution in [1.29, 1.82) is 0 Å². The van der Waals surface area contributed by atoms with Gasteiger partial charge in [-0.1, -0.05) is 158 Å². The monoisotopic (exact) mass is 700 g/mol. The zero-order valence-electron chi connectivity index (χ0n) is 29.8. The Morgan fingerprint density at radius 3 is 1.64 bits per heavy atom. The van der Waals surface area contributed by atoms with Gasteiger partial charge in [-0.2, -0.15) is 0 Å². The lowest BCUT2D eigenvalue weighted by Gasteiger charge is -2.13. The van der Waals surface area contributed by atoms with E-state index in [-0.39, 0.29) is 0 Å². The Kier molecular flexibility index (Phi) is 7.14. The fourth-order valence-corrected chi connectivity index (χ4v) is 8.25. The van der Waals surface area contributed by atoms with E-state index in [0.717, 1.165) is 33.4 Å². The molecule has 9 aromatic carbocycles. The fourth-order valence-electron chi connectivity index (χ4n) is 8.25. The summed E-state index contributed by atoms with van der Waals surface area (Å²) in [6.07, 6.45) is 0. The van der Waals surface area contributed by atoms with Crippen LogP contribution in [-0.2, 0) is 0 Å². The van der Waals surface area contributed by atoms with Crippen LogP contribution in [0.5, 0.6) is 0 Å². The molecule has 0 fully saturated rings. The van der Waals surface area contributed by atoms with Crippen LogP contribution in [0.2, 0.25) is 0 Å². The van der Waals surface area contributed by atoms with E-state index in [4.69, 9.17) is 15.0 Å². The molecule has 0 N–H and O–H groups in total. The summed E-state index contributed by atoms with van der Waals surface area (Å²) in [4.78, 5) is 15.0. The zero-order chi connectivity index (χ0) is 36.3. The molecule has 11 aromatic rings. The highest BCUT2D eigenvalue weighted by atomic mass is 15.0. The van der Waals surface area contributed by atoms with Crippen LogP contribution in [0.4, 0.5) is 0 Å². The summed E-state index contributed by atoms with van der Waals surface area (Å²) in [6, 6.07) is 68.8. The minimum atomic E-state index is 0.632. The van der Waals surface area contributed by atoms with Gasteiger partial charge in [0.15, 0.2) is 17.5 Å². The van der Waals surface area contributed by atoms with Gasteiger partial charge >= 0.3 is 0 Å². The van der Waals surface area contributed by atoms with E-state index in [1.807, 2.05) is 60.7 Å². The van der Waals surface area contributed by atoms with Crippen LogP contribution in [0.15, 0.2) is 194 Å². The lowest BCUT2D eigenvalue weighted by atomic mass is 9.91. The Morgan fingerprint density at radius 1 is 0.309 bits per heavy atom. The van der Waals surface area contributed by atoms with Gasteiger partial charge in [-0.05, 0) is 79.8 Å². The number of nitrogens with zero attached hydrogens (tertiary/aromatic N) is 4. The number of fused-ring (bicyclic) bond motifs is 8. The maximum atomic E-state index is 5.03. The maximum absolute atomic E-state index is 5.03. The van der Waals surface area contributed by atoms with E-state index in [1.54, 1.807) is 0 Å². The number of benzene rings is 9. The molecule has 55 heavy (non-hydrogen) atoms. The highest BCUT2D eigenvalue weighted by Crippen LogP contribution is 2.41. The molecule has 4 heteroatoms. The number of hydrogen-bond acceptors (Lipinski definition) is 3. The summed E-state index contributed by atoms with van der Waals surface area (Å²) >= 11 is 0. The van der Waals surface area contributed by atoms with Crippen LogP contribution in [0, 0.1) is 0 Å². The number of hydrogen-bond donors (Lipinski definition) is 0. The highest BCUT2D eigenvalue weighted by Gasteiger charge is 2.18. The Balaban J connectivity index is 1.11. The first kappa shape index (κ1) is 31.1. The van der Waals surface area contributed by atoms with E-state index in [1.165, 1.54) is 54.2 Å². The topological polar surface area (TPSA) is 43.6 Å². The molecule has 0 aliphatic heterocycles. The molecule has 0 amide bonds. The van der Waals surface area contributed by atoms with Gasteiger partial charge in [-0.25, -0.2) is 15.0 Å². The Labute approximate surface area is 317 Å². The Morgan fingerprint density at radius 2 is 0.891 bits per heavy atom. The number of para-hydroxylation sites is 1. The number of aromatic nitrogens is 4. The smallest absolute Gasteiger partial charge is 0.164 e. The molecule has 2 aromatic heterocycles. The lowest BCUT2D eigenvalue weighted by molar-refractivity contribution is 1.07. The minimum Gasteiger partial charge on any atom is -0.309 e. The van der Waals surface area contributed by atoms with Gasteiger partial charge in [0.05, 0.1) is 11.0 Å². The average Bonchev–Trinajstić information content (AvgIpc) is 3.61. The normalized spacial score (nSPS) is 11.6. The fraction of sp³-hybridized carbons (Fsp3) is 0. The molecule has 0 aliphatic carbocycles. The van der Waals surface area contributed by atoms with Crippen molar-refractivity contribution in [3.8, 4) is 51.0 Å². The van der Waals surface area contributed by atoms with Crippen LogP contribution in [0.1, 0.15) is 0 Å². The first-order chi connectivity index (χ1) is 27.3. The van der Waals surface area contributed by atoms with E-state index in [2.05, 4.69) is 138 Å². The molecule has 0 spiro atoms. The zero-order valence-corrected chi connectivity index (χ0v) is 29.8. The predicted molar refractivity (Wildman–Crippen MR) is 228 cm³/mol. The third-order valence-electron chi connectivity index (χ3n) is 10.8. The van der Waals surface area contributed by atoms with E-state index in [0.29, 0.717) is 17.5 Å². The van der Waals surface area contributed by atoms with Crippen LogP contribution in [0.25, 0.3) is 105 Å². The quantitative estimate of drug-likeness (QED) is 0.168. The van der Waals surface area contributed by atoms with Crippen molar-refractivity contribution in [2.24, 2.45) is 0 Å². The molecular weight excluding hydrogens is 669 g/mol. The van der Waals surface area contributed by atoms with Gasteiger partial charge < -0.3 is 4.57 Å². The lowest BCUT2D eigenvalue weighted by Crippen LogP contribution is -2.01. The molecule has 4 nitrogen and oxygen atoms in total. The maximum Gasteiger partial charge on any atom is 0.164 e. The van der Waals surface area contributed by atoms with Gasteiger partial charge in [0.25, 0.3) is 0 Å². The summed E-state index contributed by atoms with van der Waals surface area (Å²) in [5, 5.41) is 9.96. The first-order valence-corrected chi connectivity index (χ1v) is 18.6. The molecule has 0 saturated carbocycles. The molecule has 0 saturated heterocycles. The standard InChI is InChI=1S/C51H32N4/c1-3-14-34(15-4-1)49-52-50(35-16-5-2-6-17-35)54-51(53-49)38-19-13-20-39(30-38)55-46-25-12-11-24-43(46)48-45-32-37(27-26-33(45)28-29-47(48)55)44-31-36-18-7-8-21-40(36)41-22-9-10-23-42(41)44/h1-32H. The molecule has 0 radical (unpaired) electrons. The molecule has 0 atom stereocenters. The second-order valence-corrected chi connectivity index (χ2v) is 14.0. The van der Waals surface area contributed by atoms with Crippen LogP contribution in [-0.4, -0.2) is 19.5 Å². The highest BCUT2D eigenvalue weighted by molar-refractivity contribution is 6.22. The van der Waals surface area contributed by atoms with E-state index in [9.17, 15) is 0 Å². The van der Waals surface area contributed by atoms with Gasteiger partial charge in [0.2, 0.25) is 0 Å². The summed E-state index contributed by atoms with van der Waals surface area (Å²) in [7, 11) is 0. The third-order valence-corrected chi connectivity index (χ3v) is 10.8. The van der Waals surface area contributed by atoms with Gasteiger partial charge in [0, 0.05) is 33.2 Å². The van der Waals surface area contributed by atoms with Crippen LogP contribution >= 0.6 is 0 Å². The van der Waals surface area contributed by atoms with Gasteiger partial charge in [-0.3, -0.25) is 0 Å². The Hall–Kier alpha value is -7.43. The molecule has 0 unspecified atom stereocenters. The second-order valence-electron chi connectivity index (χ2n) is 14.0. The molecular formula is C51H32N4. The van der Waals surface area contributed by atoms with Crippen molar-refractivity contribution in [1.82, 2.24) is 19.5 Å². The predicted octanol–water partition coefficient (Wildman–Crippen LogP) is 13.1. The van der Waals surface area contributed by atoms with Crippen LogP contribution < -0.4 is 0 Å². The number of rotatable bonds is 5. The molecule has 11 rings (SSSR count). The SMILES string of the molecule is c1ccc(-c2nc(-c3ccccc3)nc(-c3cccc(-n4c5ccccc5c5c6cc(-c7cc8ccccc8c8ccccc78)ccc6ccc54)c3)n2)cc1. The molecule has 256 valence electrons. The molecule has 0 bridgehead atoms. The summed E-state index contributed by atoms with van der Waals surface area (Å²) in [5.74, 6) is 1.93.